The fraction of sp³-hybridized carbons (Fsp3) is 0. The van der Waals surface area contributed by atoms with Crippen molar-refractivity contribution in [2.45, 2.75) is 0 Å². The summed E-state index contributed by atoms with van der Waals surface area (Å²) >= 11 is 1.22. The van der Waals surface area contributed by atoms with E-state index < -0.39 is 5.97 Å². The summed E-state index contributed by atoms with van der Waals surface area (Å²) < 4.78 is 0. The second-order valence-corrected chi connectivity index (χ2v) is 3.86. The van der Waals surface area contributed by atoms with Crippen LogP contribution >= 0.6 is 11.3 Å². The average molecular weight is 230 g/mol. The molecule has 1 aromatic carbocycles. The summed E-state index contributed by atoms with van der Waals surface area (Å²) in [5.41, 5.74) is 1.17. The van der Waals surface area contributed by atoms with Gasteiger partial charge in [-0.1, -0.05) is 18.2 Å². The number of carboxylic acids is 1. The molecule has 2 aromatic rings. The largest absolute Gasteiger partial charge is 0.476 e. The highest BCUT2D eigenvalue weighted by Gasteiger charge is 2.12. The quantitative estimate of drug-likeness (QED) is 0.859. The molecule has 0 amide bonds. The maximum Gasteiger partial charge on any atom is 0.355 e. The highest BCUT2D eigenvalue weighted by atomic mass is 32.1. The van der Waals surface area contributed by atoms with Crippen LogP contribution < -0.4 is 0 Å². The zero-order chi connectivity index (χ0) is 11.5. The van der Waals surface area contributed by atoms with Gasteiger partial charge in [0.05, 0.1) is 11.6 Å². The van der Waals surface area contributed by atoms with E-state index in [4.69, 9.17) is 10.4 Å². The highest BCUT2D eigenvalue weighted by molar-refractivity contribution is 7.13. The molecule has 78 valence electrons. The van der Waals surface area contributed by atoms with Crippen LogP contribution in [-0.2, 0) is 0 Å². The zero-order valence-electron chi connectivity index (χ0n) is 8.04. The zero-order valence-corrected chi connectivity index (χ0v) is 8.86. The number of hydrogen-bond donors (Lipinski definition) is 1. The summed E-state index contributed by atoms with van der Waals surface area (Å²) in [5, 5.41) is 19.7. The van der Waals surface area contributed by atoms with Crippen LogP contribution in [0.3, 0.4) is 0 Å². The Morgan fingerprint density at radius 2 is 2.19 bits per heavy atom. The lowest BCUT2D eigenvalue weighted by Crippen LogP contribution is -1.95. The fourth-order valence-corrected chi connectivity index (χ4v) is 2.10. The molecular formula is C11H6N2O2S. The Kier molecular flexibility index (Phi) is 2.66. The molecule has 0 aliphatic rings. The number of benzene rings is 1. The molecule has 5 heteroatoms. The Balaban J connectivity index is 2.51. The van der Waals surface area contributed by atoms with Crippen molar-refractivity contribution in [2.75, 3.05) is 0 Å². The van der Waals surface area contributed by atoms with Gasteiger partial charge in [0.1, 0.15) is 5.01 Å². The van der Waals surface area contributed by atoms with Gasteiger partial charge in [0.25, 0.3) is 0 Å². The molecule has 0 unspecified atom stereocenters. The van der Waals surface area contributed by atoms with Gasteiger partial charge in [-0.25, -0.2) is 9.78 Å². The molecule has 1 N–H and O–H groups in total. The number of rotatable bonds is 2. The van der Waals surface area contributed by atoms with Crippen LogP contribution in [0.15, 0.2) is 29.6 Å². The van der Waals surface area contributed by atoms with Crippen LogP contribution in [0.25, 0.3) is 10.6 Å². The number of carboxylic acid groups (broad SMARTS) is 1. The number of nitriles is 1. The molecule has 0 spiro atoms. The van der Waals surface area contributed by atoms with E-state index in [0.717, 1.165) is 0 Å². The van der Waals surface area contributed by atoms with Crippen molar-refractivity contribution in [1.82, 2.24) is 4.98 Å². The first kappa shape index (κ1) is 10.3. The van der Waals surface area contributed by atoms with E-state index in [1.54, 1.807) is 24.3 Å². The van der Waals surface area contributed by atoms with Crippen molar-refractivity contribution in [3.05, 3.63) is 40.9 Å². The highest BCUT2D eigenvalue weighted by Crippen LogP contribution is 2.26. The Labute approximate surface area is 95.4 Å². The maximum absolute atomic E-state index is 10.7. The number of thiazole rings is 1. The molecule has 0 aliphatic carbocycles. The van der Waals surface area contributed by atoms with Crippen molar-refractivity contribution >= 4 is 17.3 Å². The van der Waals surface area contributed by atoms with Crippen molar-refractivity contribution < 1.29 is 9.90 Å². The smallest absolute Gasteiger partial charge is 0.355 e. The van der Waals surface area contributed by atoms with Gasteiger partial charge in [-0.2, -0.15) is 5.26 Å². The van der Waals surface area contributed by atoms with E-state index >= 15 is 0 Å². The third-order valence-electron chi connectivity index (χ3n) is 2.00. The van der Waals surface area contributed by atoms with Crippen molar-refractivity contribution in [3.8, 4) is 16.6 Å². The predicted octanol–water partition coefficient (Wildman–Crippen LogP) is 2.38. The summed E-state index contributed by atoms with van der Waals surface area (Å²) in [4.78, 5) is 14.6. The van der Waals surface area contributed by atoms with Gasteiger partial charge in [0, 0.05) is 10.9 Å². The van der Waals surface area contributed by atoms with Crippen LogP contribution in [0.4, 0.5) is 0 Å². The summed E-state index contributed by atoms with van der Waals surface area (Å²) in [5.74, 6) is -1.06. The van der Waals surface area contributed by atoms with Gasteiger partial charge in [0.2, 0.25) is 0 Å². The summed E-state index contributed by atoms with van der Waals surface area (Å²) in [6.45, 7) is 0. The molecule has 1 heterocycles. The van der Waals surface area contributed by atoms with Crippen molar-refractivity contribution in [3.63, 3.8) is 0 Å². The number of aromatic carboxylic acids is 1. The molecule has 4 nitrogen and oxygen atoms in total. The van der Waals surface area contributed by atoms with E-state index in [9.17, 15) is 4.79 Å². The molecule has 2 rings (SSSR count). The Bertz CT molecular complexity index is 584. The van der Waals surface area contributed by atoms with Gasteiger partial charge < -0.3 is 5.11 Å². The third kappa shape index (κ3) is 1.78. The Morgan fingerprint density at radius 3 is 2.81 bits per heavy atom. The average Bonchev–Trinajstić information content (AvgIpc) is 2.78. The van der Waals surface area contributed by atoms with Crippen LogP contribution in [0.1, 0.15) is 16.1 Å². The first-order chi connectivity index (χ1) is 7.72. The van der Waals surface area contributed by atoms with Crippen LogP contribution in [-0.4, -0.2) is 16.1 Å². The fourth-order valence-electron chi connectivity index (χ4n) is 1.26. The molecule has 0 fully saturated rings. The normalized spacial score (nSPS) is 9.69. The number of carbonyl (C=O) groups is 1. The number of nitrogens with zero attached hydrogens (tertiary/aromatic N) is 2. The van der Waals surface area contributed by atoms with Gasteiger partial charge in [-0.3, -0.25) is 0 Å². The van der Waals surface area contributed by atoms with Crippen LogP contribution in [0, 0.1) is 11.3 Å². The molecule has 0 bridgehead atoms. The van der Waals surface area contributed by atoms with E-state index in [0.29, 0.717) is 16.1 Å². The number of aromatic nitrogens is 1. The van der Waals surface area contributed by atoms with Crippen molar-refractivity contribution in [1.29, 1.82) is 5.26 Å². The minimum atomic E-state index is -1.06. The summed E-state index contributed by atoms with van der Waals surface area (Å²) in [6, 6.07) is 9.03. The second-order valence-electron chi connectivity index (χ2n) is 3.00. The lowest BCUT2D eigenvalue weighted by molar-refractivity contribution is 0.0691. The molecule has 0 saturated carbocycles. The van der Waals surface area contributed by atoms with Gasteiger partial charge in [0.15, 0.2) is 5.69 Å². The third-order valence-corrected chi connectivity index (χ3v) is 2.88. The first-order valence-electron chi connectivity index (χ1n) is 4.40. The van der Waals surface area contributed by atoms with Crippen LogP contribution in [0.2, 0.25) is 0 Å². The summed E-state index contributed by atoms with van der Waals surface area (Å²) in [6.07, 6.45) is 0. The maximum atomic E-state index is 10.7. The molecule has 0 radical (unpaired) electrons. The van der Waals surface area contributed by atoms with Crippen molar-refractivity contribution in [2.24, 2.45) is 0 Å². The Hall–Kier alpha value is -2.19. The molecular weight excluding hydrogens is 224 g/mol. The van der Waals surface area contributed by atoms with E-state index in [1.165, 1.54) is 16.7 Å². The Morgan fingerprint density at radius 1 is 1.44 bits per heavy atom. The molecule has 0 atom stereocenters. The lowest BCUT2D eigenvalue weighted by Gasteiger charge is -1.97. The molecule has 0 saturated heterocycles. The van der Waals surface area contributed by atoms with E-state index in [-0.39, 0.29) is 5.69 Å². The first-order valence-corrected chi connectivity index (χ1v) is 5.28. The van der Waals surface area contributed by atoms with Crippen LogP contribution in [0.5, 0.6) is 0 Å². The standard InChI is InChI=1S/C11H6N2O2S/c12-5-7-3-1-2-4-8(7)10-13-9(6-16-10)11(14)15/h1-4,6H,(H,14,15). The van der Waals surface area contributed by atoms with Gasteiger partial charge in [-0.15, -0.1) is 11.3 Å². The topological polar surface area (TPSA) is 74.0 Å². The second kappa shape index (κ2) is 4.13. The molecule has 1 aromatic heterocycles. The lowest BCUT2D eigenvalue weighted by atomic mass is 10.1. The molecule has 16 heavy (non-hydrogen) atoms. The monoisotopic (exact) mass is 230 g/mol. The van der Waals surface area contributed by atoms with Gasteiger partial charge in [-0.05, 0) is 6.07 Å². The predicted molar refractivity (Wildman–Crippen MR) is 59.2 cm³/mol. The number of hydrogen-bond acceptors (Lipinski definition) is 4. The summed E-state index contributed by atoms with van der Waals surface area (Å²) in [7, 11) is 0. The minimum absolute atomic E-state index is 0.00717. The SMILES string of the molecule is N#Cc1ccccc1-c1nc(C(=O)O)cs1. The molecule has 0 aliphatic heterocycles. The van der Waals surface area contributed by atoms with Gasteiger partial charge >= 0.3 is 5.97 Å². The van der Waals surface area contributed by atoms with E-state index in [2.05, 4.69) is 11.1 Å². The minimum Gasteiger partial charge on any atom is -0.476 e. The van der Waals surface area contributed by atoms with E-state index in [1.807, 2.05) is 0 Å².